The summed E-state index contributed by atoms with van der Waals surface area (Å²) in [6.07, 6.45) is 2.11. The number of benzene rings is 3. The van der Waals surface area contributed by atoms with Gasteiger partial charge in [0.15, 0.2) is 11.5 Å². The van der Waals surface area contributed by atoms with E-state index in [0.29, 0.717) is 36.2 Å². The number of aromatic nitrogens is 4. The third-order valence-corrected chi connectivity index (χ3v) is 6.83. The number of anilines is 2. The molecular weight excluding hydrogens is 515 g/mol. The number of carbonyl (C=O) groups is 1. The van der Waals surface area contributed by atoms with Crippen LogP contribution >= 0.6 is 0 Å². The maximum Gasteiger partial charge on any atom is 0.258 e. The quantitative estimate of drug-likeness (QED) is 0.313. The molecule has 10 nitrogen and oxygen atoms in total. The number of H-pyrrole nitrogens is 1. The first-order chi connectivity index (χ1) is 19.6. The first kappa shape index (κ1) is 23.9. The number of amides is 1. The second-order valence-corrected chi connectivity index (χ2v) is 9.42. The van der Waals surface area contributed by atoms with Crippen LogP contribution in [0.5, 0.6) is 17.4 Å². The summed E-state index contributed by atoms with van der Waals surface area (Å²) in [7, 11) is 0. The predicted molar refractivity (Wildman–Crippen MR) is 143 cm³/mol. The lowest BCUT2D eigenvalue weighted by molar-refractivity contribution is 0.0944. The van der Waals surface area contributed by atoms with Gasteiger partial charge in [0.25, 0.3) is 5.91 Å². The molecule has 0 bridgehead atoms. The maximum absolute atomic E-state index is 13.8. The molecule has 2 N–H and O–H groups in total. The van der Waals surface area contributed by atoms with Crippen molar-refractivity contribution in [2.24, 2.45) is 0 Å². The minimum atomic E-state index is -0.406. The lowest BCUT2D eigenvalue weighted by Crippen LogP contribution is -2.25. The molecule has 40 heavy (non-hydrogen) atoms. The number of halogens is 1. The molecule has 0 unspecified atom stereocenters. The number of hydrogen-bond acceptors (Lipinski definition) is 8. The van der Waals surface area contributed by atoms with E-state index in [2.05, 4.69) is 25.3 Å². The van der Waals surface area contributed by atoms with Gasteiger partial charge in [0.2, 0.25) is 18.6 Å². The summed E-state index contributed by atoms with van der Waals surface area (Å²) in [6, 6.07) is 17.8. The van der Waals surface area contributed by atoms with Gasteiger partial charge in [-0.25, -0.2) is 14.4 Å². The zero-order valence-electron chi connectivity index (χ0n) is 21.2. The van der Waals surface area contributed by atoms with Gasteiger partial charge in [-0.05, 0) is 60.0 Å². The molecule has 2 aromatic heterocycles. The number of nitrogens with zero attached hydrogens (tertiary/aromatic N) is 4. The molecule has 200 valence electrons. The van der Waals surface area contributed by atoms with Crippen molar-refractivity contribution < 1.29 is 23.4 Å². The average molecular weight is 539 g/mol. The van der Waals surface area contributed by atoms with E-state index < -0.39 is 5.91 Å². The number of carbonyl (C=O) groups excluding carboxylic acids is 1. The Morgan fingerprint density at radius 3 is 2.90 bits per heavy atom. The van der Waals surface area contributed by atoms with Crippen LogP contribution in [0.1, 0.15) is 27.3 Å². The van der Waals surface area contributed by atoms with Crippen LogP contribution in [0.15, 0.2) is 66.9 Å². The Morgan fingerprint density at radius 1 is 1.07 bits per heavy atom. The normalized spacial score (nSPS) is 13.5. The summed E-state index contributed by atoms with van der Waals surface area (Å²) in [5.74, 6) is 1.72. The van der Waals surface area contributed by atoms with Gasteiger partial charge in [0.1, 0.15) is 23.8 Å². The van der Waals surface area contributed by atoms with Gasteiger partial charge in [-0.15, -0.1) is 0 Å². The Hall–Kier alpha value is -5.19. The van der Waals surface area contributed by atoms with Gasteiger partial charge in [-0.1, -0.05) is 18.2 Å². The summed E-state index contributed by atoms with van der Waals surface area (Å²) in [5, 5.41) is 2.88. The molecule has 0 saturated heterocycles. The number of para-hydroxylation sites is 2. The van der Waals surface area contributed by atoms with E-state index in [-0.39, 0.29) is 37.2 Å². The predicted octanol–water partition coefficient (Wildman–Crippen LogP) is 4.42. The van der Waals surface area contributed by atoms with Gasteiger partial charge in [-0.2, -0.15) is 4.98 Å². The van der Waals surface area contributed by atoms with Gasteiger partial charge in [0, 0.05) is 18.4 Å². The molecule has 1 amide bonds. The zero-order chi connectivity index (χ0) is 27.1. The fourth-order valence-corrected chi connectivity index (χ4v) is 4.86. The van der Waals surface area contributed by atoms with Crippen LogP contribution in [0.3, 0.4) is 0 Å². The Balaban J connectivity index is 1.16. The highest BCUT2D eigenvalue weighted by Gasteiger charge is 2.26. The summed E-state index contributed by atoms with van der Waals surface area (Å²) in [4.78, 5) is 32.0. The third-order valence-electron chi connectivity index (χ3n) is 6.83. The highest BCUT2D eigenvalue weighted by molar-refractivity contribution is 5.96. The number of ether oxygens (including phenoxy) is 3. The number of hydrogen-bond donors (Lipinski definition) is 2. The van der Waals surface area contributed by atoms with Gasteiger partial charge < -0.3 is 29.4 Å². The van der Waals surface area contributed by atoms with Crippen LogP contribution < -0.4 is 24.4 Å². The lowest BCUT2D eigenvalue weighted by atomic mass is 10.2. The van der Waals surface area contributed by atoms with Crippen molar-refractivity contribution >= 4 is 28.6 Å². The Bertz CT molecular complexity index is 1720. The van der Waals surface area contributed by atoms with Crippen molar-refractivity contribution in [3.05, 3.63) is 95.2 Å². The Labute approximate surface area is 227 Å². The highest BCUT2D eigenvalue weighted by atomic mass is 19.1. The molecule has 4 heterocycles. The smallest absolute Gasteiger partial charge is 0.258 e. The van der Waals surface area contributed by atoms with Crippen LogP contribution in [0, 0.1) is 5.82 Å². The van der Waals surface area contributed by atoms with E-state index in [9.17, 15) is 9.18 Å². The first-order valence-corrected chi connectivity index (χ1v) is 12.8. The molecule has 11 heteroatoms. The van der Waals surface area contributed by atoms with Crippen LogP contribution in [-0.4, -0.2) is 39.2 Å². The summed E-state index contributed by atoms with van der Waals surface area (Å²) < 4.78 is 30.7. The van der Waals surface area contributed by atoms with E-state index in [4.69, 9.17) is 14.2 Å². The number of rotatable bonds is 7. The van der Waals surface area contributed by atoms with Crippen LogP contribution in [0.2, 0.25) is 0 Å². The molecule has 0 radical (unpaired) electrons. The van der Waals surface area contributed by atoms with Gasteiger partial charge in [-0.3, -0.25) is 4.79 Å². The molecule has 5 aromatic rings. The third kappa shape index (κ3) is 4.51. The van der Waals surface area contributed by atoms with Crippen LogP contribution in [-0.2, 0) is 19.6 Å². The van der Waals surface area contributed by atoms with Gasteiger partial charge >= 0.3 is 0 Å². The van der Waals surface area contributed by atoms with E-state index in [1.807, 2.05) is 47.4 Å². The molecule has 2 aliphatic heterocycles. The topological polar surface area (TPSA) is 114 Å². The number of imidazole rings is 1. The highest BCUT2D eigenvalue weighted by Crippen LogP contribution is 2.35. The molecule has 3 aromatic carbocycles. The maximum atomic E-state index is 13.8. The van der Waals surface area contributed by atoms with Crippen LogP contribution in [0.4, 0.5) is 16.0 Å². The number of fused-ring (bicyclic) bond motifs is 3. The second-order valence-electron chi connectivity index (χ2n) is 9.42. The van der Waals surface area contributed by atoms with Crippen molar-refractivity contribution in [2.75, 3.05) is 18.2 Å². The van der Waals surface area contributed by atoms with Crippen molar-refractivity contribution in [3.63, 3.8) is 0 Å². The minimum Gasteiger partial charge on any atom is -0.472 e. The van der Waals surface area contributed by atoms with E-state index in [0.717, 1.165) is 27.8 Å². The molecule has 2 aliphatic rings. The Kier molecular flexibility index (Phi) is 5.88. The number of nitrogens with one attached hydrogen (secondary N) is 2. The molecule has 0 atom stereocenters. The van der Waals surface area contributed by atoms with Crippen molar-refractivity contribution in [3.8, 4) is 17.4 Å². The molecular formula is C29H23FN6O4. The fraction of sp³-hybridized carbons (Fsp3) is 0.172. The fourth-order valence-electron chi connectivity index (χ4n) is 4.86. The SMILES string of the molecule is O=C(NCc1nc2ccccc2[nH]1)c1cnc(N2CCc3cc(F)ccc32)nc1OCc1ccc2c(c1)OCO2. The molecule has 0 spiro atoms. The Morgan fingerprint density at radius 2 is 1.98 bits per heavy atom. The minimum absolute atomic E-state index is 0.125. The largest absolute Gasteiger partial charge is 0.472 e. The van der Waals surface area contributed by atoms with Crippen LogP contribution in [0.25, 0.3) is 11.0 Å². The average Bonchev–Trinajstić information content (AvgIpc) is 3.72. The first-order valence-electron chi connectivity index (χ1n) is 12.8. The van der Waals surface area contributed by atoms with Crippen molar-refractivity contribution in [1.29, 1.82) is 0 Å². The molecule has 0 fully saturated rings. The van der Waals surface area contributed by atoms with Crippen molar-refractivity contribution in [2.45, 2.75) is 19.6 Å². The standard InChI is InChI=1S/C29H23FN6O4/c30-19-6-7-23-18(12-19)9-10-36(23)29-32-13-20(27(37)31-14-26-33-21-3-1-2-4-22(21)34-26)28(35-29)38-15-17-5-8-24-25(11-17)40-16-39-24/h1-8,11-13H,9-10,14-16H2,(H,31,37)(H,33,34). The zero-order valence-corrected chi connectivity index (χ0v) is 21.2. The number of aromatic amines is 1. The summed E-state index contributed by atoms with van der Waals surface area (Å²) in [5.41, 5.74) is 4.40. The van der Waals surface area contributed by atoms with E-state index in [1.165, 1.54) is 18.3 Å². The van der Waals surface area contributed by atoms with E-state index >= 15 is 0 Å². The molecule has 0 aliphatic carbocycles. The second kappa shape index (κ2) is 9.84. The summed E-state index contributed by atoms with van der Waals surface area (Å²) in [6.45, 7) is 1.07. The van der Waals surface area contributed by atoms with E-state index in [1.54, 1.807) is 6.07 Å². The van der Waals surface area contributed by atoms with Gasteiger partial charge in [0.05, 0.1) is 17.6 Å². The molecule has 0 saturated carbocycles. The molecule has 7 rings (SSSR count). The van der Waals surface area contributed by atoms with Crippen molar-refractivity contribution in [1.82, 2.24) is 25.3 Å². The lowest BCUT2D eigenvalue weighted by Gasteiger charge is -2.19. The summed E-state index contributed by atoms with van der Waals surface area (Å²) >= 11 is 0. The monoisotopic (exact) mass is 538 g/mol.